The predicted molar refractivity (Wildman–Crippen MR) is 35.9 cm³/mol. The molecule has 1 amide bonds. The predicted octanol–water partition coefficient (Wildman–Crippen LogP) is -0.999. The lowest BCUT2D eigenvalue weighted by Gasteiger charge is -2.10. The number of rotatable bonds is 2. The van der Waals surface area contributed by atoms with Crippen LogP contribution < -0.4 is 5.73 Å². The van der Waals surface area contributed by atoms with Crippen molar-refractivity contribution in [2.24, 2.45) is 5.73 Å². The summed E-state index contributed by atoms with van der Waals surface area (Å²) in [5.41, 5.74) is 5.34. The molecular weight excluding hydrogens is 146 g/mol. The lowest BCUT2D eigenvalue weighted by Crippen LogP contribution is -2.34. The minimum absolute atomic E-state index is 0.226. The summed E-state index contributed by atoms with van der Waals surface area (Å²) < 4.78 is 0. The van der Waals surface area contributed by atoms with Gasteiger partial charge in [0.2, 0.25) is 0 Å². The molecule has 0 aliphatic carbocycles. The van der Waals surface area contributed by atoms with Crippen molar-refractivity contribution in [1.82, 2.24) is 5.06 Å². The lowest BCUT2D eigenvalue weighted by atomic mass is 10.3. The lowest BCUT2D eigenvalue weighted by molar-refractivity contribution is -0.161. The molecule has 1 rings (SSSR count). The fraction of sp³-hybridized carbons (Fsp3) is 0.667. The summed E-state index contributed by atoms with van der Waals surface area (Å²) in [6.07, 6.45) is 0.276. The average molecular weight is 155 g/mol. The van der Waals surface area contributed by atoms with Crippen LogP contribution in [0.2, 0.25) is 0 Å². The maximum Gasteiger partial charge on any atom is 0.265 e. The van der Waals surface area contributed by atoms with Gasteiger partial charge in [-0.05, 0) is 0 Å². The molecule has 1 unspecified atom stereocenters. The number of nitrogens with zero attached hydrogens (tertiary/aromatic N) is 2. The van der Waals surface area contributed by atoms with Crippen molar-refractivity contribution in [3.05, 3.63) is 0 Å². The summed E-state index contributed by atoms with van der Waals surface area (Å²) in [4.78, 5) is 15.9. The Balaban J connectivity index is 2.38. The maximum atomic E-state index is 11.0. The molecule has 1 fully saturated rings. The first-order chi connectivity index (χ1) is 5.25. The van der Waals surface area contributed by atoms with E-state index in [-0.39, 0.29) is 18.9 Å². The molecule has 0 saturated carbocycles. The van der Waals surface area contributed by atoms with Crippen LogP contribution in [-0.2, 0) is 9.63 Å². The van der Waals surface area contributed by atoms with Crippen LogP contribution in [0, 0.1) is 11.3 Å². The van der Waals surface area contributed by atoms with E-state index in [0.717, 1.165) is 5.06 Å². The maximum absolute atomic E-state index is 11.0. The average Bonchev–Trinajstić information content (AvgIpc) is 2.31. The third-order valence-electron chi connectivity index (χ3n) is 1.40. The number of amides is 1. The molecule has 0 aromatic carbocycles. The third kappa shape index (κ3) is 1.67. The topological polar surface area (TPSA) is 79.3 Å². The van der Waals surface area contributed by atoms with E-state index in [4.69, 9.17) is 15.8 Å². The molecule has 1 saturated heterocycles. The smallest absolute Gasteiger partial charge is 0.265 e. The zero-order valence-corrected chi connectivity index (χ0v) is 5.99. The summed E-state index contributed by atoms with van der Waals surface area (Å²) in [6, 6.07) is 1.37. The van der Waals surface area contributed by atoms with Crippen molar-refractivity contribution in [2.45, 2.75) is 12.5 Å². The molecule has 1 atom stereocenters. The van der Waals surface area contributed by atoms with Gasteiger partial charge >= 0.3 is 0 Å². The van der Waals surface area contributed by atoms with Crippen molar-refractivity contribution in [2.75, 3.05) is 13.2 Å². The number of hydrogen-bond acceptors (Lipinski definition) is 4. The Morgan fingerprint density at radius 1 is 1.91 bits per heavy atom. The highest BCUT2D eigenvalue weighted by Gasteiger charge is 2.29. The van der Waals surface area contributed by atoms with E-state index in [1.807, 2.05) is 6.07 Å². The number of hydroxylamine groups is 2. The second-order valence-corrected chi connectivity index (χ2v) is 2.25. The summed E-state index contributed by atoms with van der Waals surface area (Å²) in [5.74, 6) is -0.236. The molecular formula is C6H9N3O2. The molecule has 0 radical (unpaired) electrons. The van der Waals surface area contributed by atoms with Crippen LogP contribution in [0.25, 0.3) is 0 Å². The third-order valence-corrected chi connectivity index (χ3v) is 1.40. The molecule has 5 nitrogen and oxygen atoms in total. The second kappa shape index (κ2) is 3.32. The van der Waals surface area contributed by atoms with Crippen molar-refractivity contribution < 1.29 is 9.63 Å². The van der Waals surface area contributed by atoms with E-state index in [2.05, 4.69) is 0 Å². The fourth-order valence-corrected chi connectivity index (χ4v) is 0.816. The number of carbonyl (C=O) groups excluding carboxylic acids is 1. The molecule has 1 aliphatic rings. The molecule has 0 aromatic rings. The van der Waals surface area contributed by atoms with Gasteiger partial charge in [-0.15, -0.1) is 0 Å². The molecule has 1 heterocycles. The van der Waals surface area contributed by atoms with Gasteiger partial charge in [0.25, 0.3) is 5.91 Å². The van der Waals surface area contributed by atoms with E-state index in [1.165, 1.54) is 0 Å². The highest BCUT2D eigenvalue weighted by Crippen LogP contribution is 2.05. The van der Waals surface area contributed by atoms with Crippen molar-refractivity contribution in [3.63, 3.8) is 0 Å². The zero-order chi connectivity index (χ0) is 8.27. The molecule has 2 N–H and O–H groups in total. The van der Waals surface area contributed by atoms with Gasteiger partial charge in [-0.3, -0.25) is 9.63 Å². The number of hydrogen-bond donors (Lipinski definition) is 1. The highest BCUT2D eigenvalue weighted by molar-refractivity contribution is 5.82. The highest BCUT2D eigenvalue weighted by atomic mass is 16.7. The summed E-state index contributed by atoms with van der Waals surface area (Å²) in [5, 5.41) is 9.35. The quantitative estimate of drug-likeness (QED) is 0.554. The monoisotopic (exact) mass is 155 g/mol. The van der Waals surface area contributed by atoms with Gasteiger partial charge < -0.3 is 5.73 Å². The van der Waals surface area contributed by atoms with Gasteiger partial charge in [-0.2, -0.15) is 5.26 Å². The molecule has 0 aromatic heterocycles. The Morgan fingerprint density at radius 3 is 3.09 bits per heavy atom. The first kappa shape index (κ1) is 7.98. The van der Waals surface area contributed by atoms with E-state index in [0.29, 0.717) is 6.54 Å². The van der Waals surface area contributed by atoms with E-state index in [1.54, 1.807) is 0 Å². The first-order valence-corrected chi connectivity index (χ1v) is 3.32. The molecule has 5 heteroatoms. The van der Waals surface area contributed by atoms with E-state index < -0.39 is 6.04 Å². The normalized spacial score (nSPS) is 23.8. The molecule has 0 spiro atoms. The van der Waals surface area contributed by atoms with Crippen LogP contribution in [0.3, 0.4) is 0 Å². The van der Waals surface area contributed by atoms with Gasteiger partial charge in [0.1, 0.15) is 6.04 Å². The Kier molecular flexibility index (Phi) is 2.41. The van der Waals surface area contributed by atoms with Crippen molar-refractivity contribution in [1.29, 1.82) is 5.26 Å². The van der Waals surface area contributed by atoms with E-state index >= 15 is 0 Å². The van der Waals surface area contributed by atoms with Crippen LogP contribution in [0.1, 0.15) is 6.42 Å². The Hall–Kier alpha value is -1.12. The minimum Gasteiger partial charge on any atom is -0.318 e. The standard InChI is InChI=1S/C6H9N3O2/c7-2-1-3-9-6(10)5(8)4-11-9/h5H,1,3-4,8H2. The minimum atomic E-state index is -0.548. The van der Waals surface area contributed by atoms with Crippen LogP contribution in [-0.4, -0.2) is 30.2 Å². The number of nitrogens with two attached hydrogens (primary N) is 1. The number of nitriles is 1. The van der Waals surface area contributed by atoms with Crippen LogP contribution in [0.5, 0.6) is 0 Å². The largest absolute Gasteiger partial charge is 0.318 e. The summed E-state index contributed by atoms with van der Waals surface area (Å²) >= 11 is 0. The van der Waals surface area contributed by atoms with Gasteiger partial charge in [-0.1, -0.05) is 0 Å². The zero-order valence-electron chi connectivity index (χ0n) is 5.99. The molecule has 1 aliphatic heterocycles. The number of carbonyl (C=O) groups is 1. The second-order valence-electron chi connectivity index (χ2n) is 2.25. The van der Waals surface area contributed by atoms with Crippen molar-refractivity contribution >= 4 is 5.91 Å². The Labute approximate surface area is 64.3 Å². The van der Waals surface area contributed by atoms with Crippen molar-refractivity contribution in [3.8, 4) is 6.07 Å². The summed E-state index contributed by atoms with van der Waals surface area (Å²) in [7, 11) is 0. The summed E-state index contributed by atoms with van der Waals surface area (Å²) in [6.45, 7) is 0.535. The Morgan fingerprint density at radius 2 is 2.64 bits per heavy atom. The fourth-order valence-electron chi connectivity index (χ4n) is 0.816. The molecule has 60 valence electrons. The van der Waals surface area contributed by atoms with Crippen LogP contribution in [0.15, 0.2) is 0 Å². The van der Waals surface area contributed by atoms with Gasteiger partial charge in [0.15, 0.2) is 0 Å². The van der Waals surface area contributed by atoms with Crippen LogP contribution in [0.4, 0.5) is 0 Å². The van der Waals surface area contributed by atoms with Gasteiger partial charge in [0.05, 0.1) is 25.6 Å². The SMILES string of the molecule is N#CCCN1OCC(N)C1=O. The molecule has 11 heavy (non-hydrogen) atoms. The first-order valence-electron chi connectivity index (χ1n) is 3.32. The van der Waals surface area contributed by atoms with Gasteiger partial charge in [-0.25, -0.2) is 5.06 Å². The van der Waals surface area contributed by atoms with Crippen LogP contribution >= 0.6 is 0 Å². The van der Waals surface area contributed by atoms with Gasteiger partial charge in [0, 0.05) is 0 Å². The Bertz CT molecular complexity index is 198. The molecule has 0 bridgehead atoms. The van der Waals surface area contributed by atoms with E-state index in [9.17, 15) is 4.79 Å².